The van der Waals surface area contributed by atoms with Gasteiger partial charge in [0.15, 0.2) is 6.29 Å². The summed E-state index contributed by atoms with van der Waals surface area (Å²) in [5.74, 6) is 0. The summed E-state index contributed by atoms with van der Waals surface area (Å²) in [4.78, 5) is 0. The van der Waals surface area contributed by atoms with Gasteiger partial charge in [-0.1, -0.05) is 11.3 Å². The molecule has 5 atom stereocenters. The Balaban J connectivity index is 2.03. The molecule has 1 saturated heterocycles. The van der Waals surface area contributed by atoms with Gasteiger partial charge in [-0.15, -0.1) is 11.7 Å². The van der Waals surface area contributed by atoms with Crippen LogP contribution in [-0.2, 0) is 16.0 Å². The first-order valence-corrected chi connectivity index (χ1v) is 5.97. The second-order valence-corrected chi connectivity index (χ2v) is 4.35. The second kappa shape index (κ2) is 6.22. The molecule has 8 heteroatoms. The van der Waals surface area contributed by atoms with Crippen LogP contribution in [0.2, 0.25) is 0 Å². The smallest absolute Gasteiger partial charge is 0.176 e. The SMILES string of the molecule is C=CCOC1O[C@@H](Cn2ccnn2)C(O)C(O)C1N. The lowest BCUT2D eigenvalue weighted by atomic mass is 9.97. The minimum absolute atomic E-state index is 0.247. The lowest BCUT2D eigenvalue weighted by molar-refractivity contribution is -0.259. The van der Waals surface area contributed by atoms with E-state index >= 15 is 0 Å². The number of rotatable bonds is 5. The Morgan fingerprint density at radius 3 is 2.89 bits per heavy atom. The monoisotopic (exact) mass is 270 g/mol. The Kier molecular flexibility index (Phi) is 4.61. The molecule has 8 nitrogen and oxygen atoms in total. The largest absolute Gasteiger partial charge is 0.388 e. The first kappa shape index (κ1) is 14.1. The fourth-order valence-corrected chi connectivity index (χ4v) is 1.93. The maximum Gasteiger partial charge on any atom is 0.176 e. The zero-order chi connectivity index (χ0) is 13.8. The van der Waals surface area contributed by atoms with Crippen LogP contribution in [0.15, 0.2) is 25.0 Å². The minimum Gasteiger partial charge on any atom is -0.388 e. The molecular weight excluding hydrogens is 252 g/mol. The number of aromatic nitrogens is 3. The number of nitrogens with zero attached hydrogens (tertiary/aromatic N) is 3. The molecule has 0 aromatic carbocycles. The van der Waals surface area contributed by atoms with E-state index in [1.807, 2.05) is 0 Å². The van der Waals surface area contributed by atoms with Gasteiger partial charge in [-0.05, 0) is 0 Å². The summed E-state index contributed by atoms with van der Waals surface area (Å²) in [5, 5.41) is 27.3. The Morgan fingerprint density at radius 1 is 1.47 bits per heavy atom. The molecule has 4 N–H and O–H groups in total. The van der Waals surface area contributed by atoms with Crippen LogP contribution in [0, 0.1) is 0 Å². The van der Waals surface area contributed by atoms with Gasteiger partial charge in [0.25, 0.3) is 0 Å². The lowest BCUT2D eigenvalue weighted by Crippen LogP contribution is -2.62. The number of aliphatic hydroxyl groups is 2. The number of aliphatic hydroxyl groups excluding tert-OH is 2. The van der Waals surface area contributed by atoms with E-state index in [-0.39, 0.29) is 13.2 Å². The summed E-state index contributed by atoms with van der Waals surface area (Å²) in [6.45, 7) is 4.02. The van der Waals surface area contributed by atoms with Crippen LogP contribution < -0.4 is 5.73 Å². The van der Waals surface area contributed by atoms with Crippen molar-refractivity contribution in [2.24, 2.45) is 5.73 Å². The van der Waals surface area contributed by atoms with E-state index in [1.165, 1.54) is 10.9 Å². The number of nitrogens with two attached hydrogens (primary N) is 1. The molecular formula is C11H18N4O4. The van der Waals surface area contributed by atoms with Crippen LogP contribution >= 0.6 is 0 Å². The summed E-state index contributed by atoms with van der Waals surface area (Å²) >= 11 is 0. The van der Waals surface area contributed by atoms with Gasteiger partial charge in [0, 0.05) is 6.20 Å². The summed E-state index contributed by atoms with van der Waals surface area (Å²) < 4.78 is 12.4. The molecule has 2 rings (SSSR count). The average Bonchev–Trinajstić information content (AvgIpc) is 2.91. The Labute approximate surface area is 110 Å². The fourth-order valence-electron chi connectivity index (χ4n) is 1.93. The van der Waals surface area contributed by atoms with Crippen LogP contribution in [0.1, 0.15) is 0 Å². The maximum atomic E-state index is 9.96. The van der Waals surface area contributed by atoms with Crippen molar-refractivity contribution in [3.05, 3.63) is 25.0 Å². The summed E-state index contributed by atoms with van der Waals surface area (Å²) in [5.41, 5.74) is 5.76. The molecule has 0 radical (unpaired) electrons. The molecule has 1 aromatic rings. The van der Waals surface area contributed by atoms with E-state index in [4.69, 9.17) is 15.2 Å². The van der Waals surface area contributed by atoms with E-state index in [0.717, 1.165) is 0 Å². The molecule has 1 aliphatic rings. The molecule has 1 aromatic heterocycles. The molecule has 0 amide bonds. The third-order valence-corrected chi connectivity index (χ3v) is 2.97. The highest BCUT2D eigenvalue weighted by Crippen LogP contribution is 2.21. The third kappa shape index (κ3) is 3.17. The highest BCUT2D eigenvalue weighted by Gasteiger charge is 2.43. The van der Waals surface area contributed by atoms with E-state index < -0.39 is 30.6 Å². The molecule has 0 spiro atoms. The second-order valence-electron chi connectivity index (χ2n) is 4.35. The topological polar surface area (TPSA) is 116 Å². The number of hydrogen-bond acceptors (Lipinski definition) is 7. The van der Waals surface area contributed by atoms with E-state index in [9.17, 15) is 10.2 Å². The van der Waals surface area contributed by atoms with Gasteiger partial charge >= 0.3 is 0 Å². The summed E-state index contributed by atoms with van der Waals surface area (Å²) in [6.07, 6.45) is 0.996. The van der Waals surface area contributed by atoms with E-state index in [2.05, 4.69) is 16.9 Å². The van der Waals surface area contributed by atoms with Gasteiger partial charge in [-0.2, -0.15) is 0 Å². The van der Waals surface area contributed by atoms with Crippen molar-refractivity contribution in [1.82, 2.24) is 15.0 Å². The van der Waals surface area contributed by atoms with Crippen LogP contribution in [0.25, 0.3) is 0 Å². The van der Waals surface area contributed by atoms with Crippen LogP contribution in [0.4, 0.5) is 0 Å². The van der Waals surface area contributed by atoms with Crippen molar-refractivity contribution < 1.29 is 19.7 Å². The average molecular weight is 270 g/mol. The van der Waals surface area contributed by atoms with Crippen LogP contribution in [-0.4, -0.2) is 62.5 Å². The molecule has 0 bridgehead atoms. The van der Waals surface area contributed by atoms with Gasteiger partial charge in [-0.25, -0.2) is 4.68 Å². The summed E-state index contributed by atoms with van der Waals surface area (Å²) in [6, 6.07) is -0.818. The highest BCUT2D eigenvalue weighted by atomic mass is 16.7. The zero-order valence-electron chi connectivity index (χ0n) is 10.4. The molecule has 1 fully saturated rings. The molecule has 0 saturated carbocycles. The maximum absolute atomic E-state index is 9.96. The summed E-state index contributed by atoms with van der Waals surface area (Å²) in [7, 11) is 0. The first-order chi connectivity index (χ1) is 9.13. The predicted octanol–water partition coefficient (Wildman–Crippen LogP) is -1.75. The van der Waals surface area contributed by atoms with Gasteiger partial charge in [0.1, 0.15) is 18.3 Å². The fraction of sp³-hybridized carbons (Fsp3) is 0.636. The van der Waals surface area contributed by atoms with E-state index in [0.29, 0.717) is 0 Å². The Bertz CT molecular complexity index is 399. The van der Waals surface area contributed by atoms with Gasteiger partial charge in [-0.3, -0.25) is 0 Å². The van der Waals surface area contributed by atoms with Gasteiger partial charge < -0.3 is 25.4 Å². The molecule has 0 aliphatic carbocycles. The molecule has 106 valence electrons. The Morgan fingerprint density at radius 2 is 2.26 bits per heavy atom. The molecule has 19 heavy (non-hydrogen) atoms. The van der Waals surface area contributed by atoms with E-state index in [1.54, 1.807) is 12.3 Å². The van der Waals surface area contributed by atoms with Crippen molar-refractivity contribution in [3.63, 3.8) is 0 Å². The molecule has 4 unspecified atom stereocenters. The highest BCUT2D eigenvalue weighted by molar-refractivity contribution is 4.92. The zero-order valence-corrected chi connectivity index (χ0v) is 10.4. The van der Waals surface area contributed by atoms with Crippen molar-refractivity contribution in [1.29, 1.82) is 0 Å². The third-order valence-electron chi connectivity index (χ3n) is 2.97. The lowest BCUT2D eigenvalue weighted by Gasteiger charge is -2.40. The normalized spacial score (nSPS) is 35.2. The minimum atomic E-state index is -1.13. The van der Waals surface area contributed by atoms with Crippen LogP contribution in [0.5, 0.6) is 0 Å². The quantitative estimate of drug-likeness (QED) is 0.544. The van der Waals surface area contributed by atoms with Crippen molar-refractivity contribution in [2.75, 3.05) is 6.61 Å². The van der Waals surface area contributed by atoms with Crippen molar-refractivity contribution >= 4 is 0 Å². The number of hydrogen-bond donors (Lipinski definition) is 3. The van der Waals surface area contributed by atoms with Crippen molar-refractivity contribution in [3.8, 4) is 0 Å². The standard InChI is InChI=1S/C11H18N4O4/c1-2-5-18-11-8(12)10(17)9(16)7(19-11)6-15-4-3-13-14-15/h2-4,7-11,16-17H,1,5-6,12H2/t7-,8?,9?,10?,11?/m0/s1. The molecule has 2 heterocycles. The number of ether oxygens (including phenoxy) is 2. The Hall–Kier alpha value is -1.32. The first-order valence-electron chi connectivity index (χ1n) is 5.97. The molecule has 1 aliphatic heterocycles. The van der Waals surface area contributed by atoms with Gasteiger partial charge in [0.05, 0.1) is 25.4 Å². The van der Waals surface area contributed by atoms with Crippen LogP contribution in [0.3, 0.4) is 0 Å². The van der Waals surface area contributed by atoms with Gasteiger partial charge in [0.2, 0.25) is 0 Å². The predicted molar refractivity (Wildman–Crippen MR) is 64.8 cm³/mol. The van der Waals surface area contributed by atoms with Crippen molar-refractivity contribution in [2.45, 2.75) is 37.2 Å².